The van der Waals surface area contributed by atoms with Crippen LogP contribution >= 0.6 is 0 Å². The third-order valence-corrected chi connectivity index (χ3v) is 5.34. The SMILES string of the molecule is Cc1ccc(O)c(C)c1-c1c(N)c(C(N)=O)nc2c1ncn2C1CC(F)(F)C1. The van der Waals surface area contributed by atoms with Gasteiger partial charge < -0.3 is 21.1 Å². The summed E-state index contributed by atoms with van der Waals surface area (Å²) in [4.78, 5) is 20.6. The fraction of sp³-hybridized carbons (Fsp3) is 0.316. The molecule has 1 aromatic carbocycles. The van der Waals surface area contributed by atoms with Crippen molar-refractivity contribution in [1.29, 1.82) is 0 Å². The Hall–Kier alpha value is -3.23. The van der Waals surface area contributed by atoms with Crippen LogP contribution in [0.25, 0.3) is 22.3 Å². The van der Waals surface area contributed by atoms with E-state index in [1.165, 1.54) is 10.9 Å². The van der Waals surface area contributed by atoms with Crippen molar-refractivity contribution < 1.29 is 18.7 Å². The van der Waals surface area contributed by atoms with E-state index in [2.05, 4.69) is 9.97 Å². The molecule has 1 aliphatic rings. The number of imidazole rings is 1. The standard InChI is InChI=1S/C19H19F2N5O2/c1-8-3-4-11(27)9(2)12(8)13-14(22)16(17(23)28)25-18-15(13)24-7-26(18)10-5-19(20,21)6-10/h3-4,7,10,27H,5-6,22H2,1-2H3,(H2,23,28). The molecule has 0 aliphatic heterocycles. The Labute approximate surface area is 159 Å². The number of halogens is 2. The van der Waals surface area contributed by atoms with E-state index in [9.17, 15) is 18.7 Å². The lowest BCUT2D eigenvalue weighted by molar-refractivity contribution is -0.103. The minimum Gasteiger partial charge on any atom is -0.508 e. The van der Waals surface area contributed by atoms with Crippen molar-refractivity contribution in [3.05, 3.63) is 35.3 Å². The number of hydrogen-bond donors (Lipinski definition) is 3. The first kappa shape index (κ1) is 18.1. The Morgan fingerprint density at radius 2 is 1.96 bits per heavy atom. The summed E-state index contributed by atoms with van der Waals surface area (Å²) in [6.07, 6.45) is 0.782. The zero-order valence-electron chi connectivity index (χ0n) is 15.3. The highest BCUT2D eigenvalue weighted by molar-refractivity contribution is 6.07. The van der Waals surface area contributed by atoms with Crippen molar-refractivity contribution in [2.45, 2.75) is 38.7 Å². The summed E-state index contributed by atoms with van der Waals surface area (Å²) in [6.45, 7) is 3.55. The molecule has 28 heavy (non-hydrogen) atoms. The van der Waals surface area contributed by atoms with Crippen LogP contribution in [0.15, 0.2) is 18.5 Å². The van der Waals surface area contributed by atoms with Gasteiger partial charge >= 0.3 is 0 Å². The third kappa shape index (κ3) is 2.57. The molecule has 2 aromatic heterocycles. The number of phenols is 1. The topological polar surface area (TPSA) is 120 Å². The van der Waals surface area contributed by atoms with Crippen molar-refractivity contribution >= 4 is 22.8 Å². The number of nitrogens with zero attached hydrogens (tertiary/aromatic N) is 3. The van der Waals surface area contributed by atoms with Crippen molar-refractivity contribution in [3.63, 3.8) is 0 Å². The molecular weight excluding hydrogens is 368 g/mol. The molecule has 7 nitrogen and oxygen atoms in total. The minimum absolute atomic E-state index is 0.0426. The van der Waals surface area contributed by atoms with E-state index in [0.717, 1.165) is 5.56 Å². The van der Waals surface area contributed by atoms with Gasteiger partial charge in [0.1, 0.15) is 11.3 Å². The number of anilines is 1. The zero-order chi connectivity index (χ0) is 20.4. The Bertz CT molecular complexity index is 1130. The number of aryl methyl sites for hydroxylation is 1. The molecule has 0 bridgehead atoms. The highest BCUT2D eigenvalue weighted by atomic mass is 19.3. The van der Waals surface area contributed by atoms with Crippen LogP contribution in [-0.4, -0.2) is 31.5 Å². The first-order chi connectivity index (χ1) is 13.1. The Kier molecular flexibility index (Phi) is 3.81. The van der Waals surface area contributed by atoms with Gasteiger partial charge in [-0.15, -0.1) is 0 Å². The van der Waals surface area contributed by atoms with E-state index in [4.69, 9.17) is 11.5 Å². The molecule has 4 rings (SSSR count). The van der Waals surface area contributed by atoms with Crippen LogP contribution in [0.5, 0.6) is 5.75 Å². The number of pyridine rings is 1. The monoisotopic (exact) mass is 387 g/mol. The predicted molar refractivity (Wildman–Crippen MR) is 100 cm³/mol. The number of benzene rings is 1. The van der Waals surface area contributed by atoms with Gasteiger partial charge in [-0.2, -0.15) is 0 Å². The molecule has 1 fully saturated rings. The highest BCUT2D eigenvalue weighted by Crippen LogP contribution is 2.47. The lowest BCUT2D eigenvalue weighted by Gasteiger charge is -2.35. The Balaban J connectivity index is 2.04. The molecule has 9 heteroatoms. The van der Waals surface area contributed by atoms with Gasteiger partial charge in [-0.05, 0) is 36.6 Å². The molecule has 0 radical (unpaired) electrons. The van der Waals surface area contributed by atoms with Crippen molar-refractivity contribution in [1.82, 2.24) is 14.5 Å². The molecule has 5 N–H and O–H groups in total. The van der Waals surface area contributed by atoms with Crippen LogP contribution in [0.1, 0.15) is 40.5 Å². The first-order valence-electron chi connectivity index (χ1n) is 8.74. The molecule has 0 saturated heterocycles. The van der Waals surface area contributed by atoms with Crippen LogP contribution in [-0.2, 0) is 0 Å². The summed E-state index contributed by atoms with van der Waals surface area (Å²) in [7, 11) is 0. The number of alkyl halides is 2. The number of carbonyl (C=O) groups excluding carboxylic acids is 1. The summed E-state index contributed by atoms with van der Waals surface area (Å²) < 4.78 is 28.3. The van der Waals surface area contributed by atoms with Gasteiger partial charge in [0, 0.05) is 24.4 Å². The van der Waals surface area contributed by atoms with E-state index in [1.807, 2.05) is 6.92 Å². The highest BCUT2D eigenvalue weighted by Gasteiger charge is 2.47. The summed E-state index contributed by atoms with van der Waals surface area (Å²) in [5.41, 5.74) is 14.6. The quantitative estimate of drug-likeness (QED) is 0.638. The molecule has 3 aromatic rings. The van der Waals surface area contributed by atoms with Gasteiger partial charge in [-0.25, -0.2) is 18.7 Å². The maximum atomic E-state index is 13.4. The van der Waals surface area contributed by atoms with Crippen LogP contribution in [0.4, 0.5) is 14.5 Å². The number of nitrogen functional groups attached to an aromatic ring is 1. The number of fused-ring (bicyclic) bond motifs is 1. The van der Waals surface area contributed by atoms with Crippen LogP contribution < -0.4 is 11.5 Å². The first-order valence-corrected chi connectivity index (χ1v) is 8.74. The molecule has 146 valence electrons. The molecule has 0 unspecified atom stereocenters. The number of hydrogen-bond acceptors (Lipinski definition) is 5. The molecule has 0 spiro atoms. The van der Waals surface area contributed by atoms with Crippen molar-refractivity contribution in [2.75, 3.05) is 5.73 Å². The van der Waals surface area contributed by atoms with Crippen LogP contribution in [0.2, 0.25) is 0 Å². The molecular formula is C19H19F2N5O2. The number of amides is 1. The number of phenolic OH excluding ortho intramolecular Hbond substituents is 1. The summed E-state index contributed by atoms with van der Waals surface area (Å²) in [6, 6.07) is 2.81. The minimum atomic E-state index is -2.72. The molecule has 2 heterocycles. The van der Waals surface area contributed by atoms with Gasteiger partial charge in [-0.3, -0.25) is 4.79 Å². The normalized spacial score (nSPS) is 16.3. The summed E-state index contributed by atoms with van der Waals surface area (Å²) >= 11 is 0. The zero-order valence-corrected chi connectivity index (χ0v) is 15.3. The van der Waals surface area contributed by atoms with E-state index in [0.29, 0.717) is 22.2 Å². The van der Waals surface area contributed by atoms with E-state index in [1.54, 1.807) is 19.1 Å². The number of primary amides is 1. The fourth-order valence-corrected chi connectivity index (χ4v) is 3.81. The maximum absolute atomic E-state index is 13.4. The van der Waals surface area contributed by atoms with E-state index < -0.39 is 17.9 Å². The number of nitrogens with two attached hydrogens (primary N) is 2. The second-order valence-electron chi connectivity index (χ2n) is 7.26. The summed E-state index contributed by atoms with van der Waals surface area (Å²) in [5, 5.41) is 10.2. The van der Waals surface area contributed by atoms with Gasteiger partial charge in [0.05, 0.1) is 12.0 Å². The van der Waals surface area contributed by atoms with Gasteiger partial charge in [0.2, 0.25) is 0 Å². The number of aromatic nitrogens is 3. The summed E-state index contributed by atoms with van der Waals surface area (Å²) in [5.74, 6) is -3.49. The van der Waals surface area contributed by atoms with Crippen LogP contribution in [0.3, 0.4) is 0 Å². The third-order valence-electron chi connectivity index (χ3n) is 5.34. The Morgan fingerprint density at radius 1 is 1.29 bits per heavy atom. The predicted octanol–water partition coefficient (Wildman–Crippen LogP) is 3.07. The average molecular weight is 387 g/mol. The molecule has 1 aliphatic carbocycles. The second kappa shape index (κ2) is 5.88. The van der Waals surface area contributed by atoms with E-state index >= 15 is 0 Å². The smallest absolute Gasteiger partial charge is 0.269 e. The van der Waals surface area contributed by atoms with Crippen LogP contribution in [0, 0.1) is 13.8 Å². The molecule has 1 saturated carbocycles. The fourth-order valence-electron chi connectivity index (χ4n) is 3.81. The largest absolute Gasteiger partial charge is 0.508 e. The lowest BCUT2D eigenvalue weighted by atomic mass is 9.88. The van der Waals surface area contributed by atoms with Gasteiger partial charge in [0.25, 0.3) is 11.8 Å². The number of aromatic hydroxyl groups is 1. The Morgan fingerprint density at radius 3 is 2.57 bits per heavy atom. The van der Waals surface area contributed by atoms with Gasteiger partial charge in [-0.1, -0.05) is 6.07 Å². The number of rotatable bonds is 3. The molecule has 1 amide bonds. The van der Waals surface area contributed by atoms with E-state index in [-0.39, 0.29) is 35.6 Å². The van der Waals surface area contributed by atoms with Crippen molar-refractivity contribution in [3.8, 4) is 16.9 Å². The second-order valence-corrected chi connectivity index (χ2v) is 7.26. The molecule has 0 atom stereocenters. The van der Waals surface area contributed by atoms with Crippen molar-refractivity contribution in [2.24, 2.45) is 5.73 Å². The number of carbonyl (C=O) groups is 1. The maximum Gasteiger partial charge on any atom is 0.269 e. The average Bonchev–Trinajstić information content (AvgIpc) is 3.00. The van der Waals surface area contributed by atoms with Gasteiger partial charge in [0.15, 0.2) is 11.3 Å². The lowest BCUT2D eigenvalue weighted by Crippen LogP contribution is -2.36.